The van der Waals surface area contributed by atoms with E-state index in [1.54, 1.807) is 0 Å². The van der Waals surface area contributed by atoms with Crippen LogP contribution in [0.5, 0.6) is 0 Å². The van der Waals surface area contributed by atoms with E-state index in [1.807, 2.05) is 4.90 Å². The summed E-state index contributed by atoms with van der Waals surface area (Å²) >= 11 is 0. The predicted octanol–water partition coefficient (Wildman–Crippen LogP) is 1.27. The molecule has 1 aliphatic carbocycles. The summed E-state index contributed by atoms with van der Waals surface area (Å²) in [5, 5.41) is 6.38. The Kier molecular flexibility index (Phi) is 6.27. The third-order valence-electron chi connectivity index (χ3n) is 6.27. The summed E-state index contributed by atoms with van der Waals surface area (Å²) in [6.07, 6.45) is 5.49. The van der Waals surface area contributed by atoms with Gasteiger partial charge in [-0.25, -0.2) is 0 Å². The van der Waals surface area contributed by atoms with Crippen molar-refractivity contribution in [2.45, 2.75) is 38.6 Å². The van der Waals surface area contributed by atoms with Crippen molar-refractivity contribution in [3.8, 4) is 0 Å². The van der Waals surface area contributed by atoms with Gasteiger partial charge in [-0.05, 0) is 48.8 Å². The number of carbonyl (C=O) groups excluding carboxylic acids is 2. The van der Waals surface area contributed by atoms with Gasteiger partial charge in [0.1, 0.15) is 0 Å². The molecule has 4 rings (SSSR count). The van der Waals surface area contributed by atoms with Crippen LogP contribution in [0.25, 0.3) is 0 Å². The molecular weight excluding hydrogens is 354 g/mol. The van der Waals surface area contributed by atoms with Crippen LogP contribution in [0.3, 0.4) is 0 Å². The number of hydrogen-bond acceptors (Lipinski definition) is 4. The zero-order valence-electron chi connectivity index (χ0n) is 16.5. The Hall–Kier alpha value is -1.92. The largest absolute Gasteiger partial charge is 0.378 e. The number of hydrogen-bond donors (Lipinski definition) is 2. The number of fused-ring (bicyclic) bond motifs is 1. The van der Waals surface area contributed by atoms with Crippen LogP contribution in [0, 0.1) is 11.8 Å². The molecule has 2 saturated heterocycles. The molecule has 2 heterocycles. The Labute approximate surface area is 167 Å². The number of amides is 2. The van der Waals surface area contributed by atoms with Gasteiger partial charge in [0.25, 0.3) is 0 Å². The van der Waals surface area contributed by atoms with Crippen LogP contribution in [-0.4, -0.2) is 56.1 Å². The Morgan fingerprint density at radius 2 is 1.82 bits per heavy atom. The highest BCUT2D eigenvalue weighted by Gasteiger charge is 2.33. The van der Waals surface area contributed by atoms with E-state index >= 15 is 0 Å². The topological polar surface area (TPSA) is 70.7 Å². The molecule has 2 aliphatic heterocycles. The van der Waals surface area contributed by atoms with Gasteiger partial charge < -0.3 is 20.3 Å². The molecule has 2 atom stereocenters. The molecule has 2 amide bonds. The normalized spacial score (nSPS) is 25.1. The Bertz CT molecular complexity index is 715. The van der Waals surface area contributed by atoms with E-state index in [9.17, 15) is 9.59 Å². The highest BCUT2D eigenvalue weighted by molar-refractivity contribution is 5.83. The summed E-state index contributed by atoms with van der Waals surface area (Å²) < 4.78 is 5.33. The fourth-order valence-corrected chi connectivity index (χ4v) is 4.60. The molecule has 28 heavy (non-hydrogen) atoms. The molecule has 0 unspecified atom stereocenters. The van der Waals surface area contributed by atoms with Gasteiger partial charge in [0.2, 0.25) is 11.8 Å². The van der Waals surface area contributed by atoms with Gasteiger partial charge in [0.15, 0.2) is 0 Å². The maximum atomic E-state index is 12.7. The highest BCUT2D eigenvalue weighted by Crippen LogP contribution is 2.23. The van der Waals surface area contributed by atoms with Crippen molar-refractivity contribution >= 4 is 11.8 Å². The van der Waals surface area contributed by atoms with Crippen LogP contribution in [0.1, 0.15) is 36.0 Å². The molecule has 6 heteroatoms. The first kappa shape index (κ1) is 19.4. The zero-order valence-corrected chi connectivity index (χ0v) is 16.5. The summed E-state index contributed by atoms with van der Waals surface area (Å²) in [6, 6.07) is 6.60. The molecule has 1 aromatic carbocycles. The summed E-state index contributed by atoms with van der Waals surface area (Å²) in [5.41, 5.74) is 4.06. The second-order valence-electron chi connectivity index (χ2n) is 8.25. The van der Waals surface area contributed by atoms with Crippen LogP contribution < -0.4 is 10.6 Å². The number of nitrogens with one attached hydrogen (secondary N) is 2. The molecule has 2 fully saturated rings. The smallest absolute Gasteiger partial charge is 0.227 e. The van der Waals surface area contributed by atoms with Gasteiger partial charge in [-0.1, -0.05) is 18.2 Å². The molecule has 2 N–H and O–H groups in total. The van der Waals surface area contributed by atoms with E-state index in [0.717, 1.165) is 6.42 Å². The molecule has 6 nitrogen and oxygen atoms in total. The van der Waals surface area contributed by atoms with Crippen LogP contribution >= 0.6 is 0 Å². The number of benzene rings is 1. The van der Waals surface area contributed by atoms with Crippen LogP contribution in [0.15, 0.2) is 18.2 Å². The number of carbonyl (C=O) groups is 2. The zero-order chi connectivity index (χ0) is 19.3. The van der Waals surface area contributed by atoms with Crippen molar-refractivity contribution in [1.29, 1.82) is 0 Å². The van der Waals surface area contributed by atoms with Crippen molar-refractivity contribution in [2.24, 2.45) is 11.8 Å². The molecule has 0 aromatic heterocycles. The van der Waals surface area contributed by atoms with Gasteiger partial charge in [0, 0.05) is 32.7 Å². The van der Waals surface area contributed by atoms with Crippen molar-refractivity contribution in [1.82, 2.24) is 15.5 Å². The van der Waals surface area contributed by atoms with Crippen LogP contribution in [0.2, 0.25) is 0 Å². The Morgan fingerprint density at radius 1 is 1.07 bits per heavy atom. The first-order valence-electron chi connectivity index (χ1n) is 10.7. The molecule has 0 radical (unpaired) electrons. The molecule has 0 bridgehead atoms. The molecule has 152 valence electrons. The number of ether oxygens (including phenoxy) is 1. The minimum absolute atomic E-state index is 0.0460. The number of nitrogens with zero attached hydrogens (tertiary/aromatic N) is 1. The molecule has 3 aliphatic rings. The van der Waals surface area contributed by atoms with Gasteiger partial charge >= 0.3 is 0 Å². The molecule has 0 spiro atoms. The summed E-state index contributed by atoms with van der Waals surface area (Å²) in [7, 11) is 0. The second-order valence-corrected chi connectivity index (χ2v) is 8.25. The van der Waals surface area contributed by atoms with E-state index in [0.29, 0.717) is 52.4 Å². The van der Waals surface area contributed by atoms with Crippen molar-refractivity contribution < 1.29 is 14.3 Å². The SMILES string of the molecule is O=C(NCc1ccc2c(c1)CCCC2)[C@@H]1CNC[C@@H](C(=O)N2CCOCC2)C1. The minimum atomic E-state index is -0.152. The first-order chi connectivity index (χ1) is 13.7. The van der Waals surface area contributed by atoms with E-state index in [4.69, 9.17) is 4.74 Å². The average Bonchev–Trinajstić information content (AvgIpc) is 2.77. The van der Waals surface area contributed by atoms with Gasteiger partial charge in [-0.15, -0.1) is 0 Å². The van der Waals surface area contributed by atoms with Crippen LogP contribution in [-0.2, 0) is 33.7 Å². The lowest BCUT2D eigenvalue weighted by Gasteiger charge is -2.34. The first-order valence-corrected chi connectivity index (χ1v) is 10.7. The molecule has 1 aromatic rings. The summed E-state index contributed by atoms with van der Waals surface area (Å²) in [6.45, 7) is 4.39. The third kappa shape index (κ3) is 4.55. The monoisotopic (exact) mass is 385 g/mol. The maximum absolute atomic E-state index is 12.7. The number of piperidine rings is 1. The maximum Gasteiger partial charge on any atom is 0.227 e. The lowest BCUT2D eigenvalue weighted by molar-refractivity contribution is -0.141. The van der Waals surface area contributed by atoms with E-state index in [2.05, 4.69) is 28.8 Å². The highest BCUT2D eigenvalue weighted by atomic mass is 16.5. The average molecular weight is 386 g/mol. The van der Waals surface area contributed by atoms with Gasteiger partial charge in [0.05, 0.1) is 25.0 Å². The van der Waals surface area contributed by atoms with Crippen LogP contribution in [0.4, 0.5) is 0 Å². The second kappa shape index (κ2) is 9.05. The fraction of sp³-hybridized carbons (Fsp3) is 0.636. The lowest BCUT2D eigenvalue weighted by Crippen LogP contribution is -2.51. The van der Waals surface area contributed by atoms with E-state index in [-0.39, 0.29) is 23.7 Å². The van der Waals surface area contributed by atoms with Crippen molar-refractivity contribution in [2.75, 3.05) is 39.4 Å². The predicted molar refractivity (Wildman–Crippen MR) is 107 cm³/mol. The van der Waals surface area contributed by atoms with Crippen molar-refractivity contribution in [3.05, 3.63) is 34.9 Å². The standard InChI is InChI=1S/C22H31N3O3/c26-21(24-13-16-5-6-17-3-1-2-4-18(17)11-16)19-12-20(15-23-14-19)22(27)25-7-9-28-10-8-25/h5-6,11,19-20,23H,1-4,7-10,12-15H2,(H,24,26)/t19-,20-/m0/s1. The van der Waals surface area contributed by atoms with Gasteiger partial charge in [-0.2, -0.15) is 0 Å². The van der Waals surface area contributed by atoms with Crippen molar-refractivity contribution in [3.63, 3.8) is 0 Å². The van der Waals surface area contributed by atoms with Gasteiger partial charge in [-0.3, -0.25) is 9.59 Å². The Morgan fingerprint density at radius 3 is 2.64 bits per heavy atom. The minimum Gasteiger partial charge on any atom is -0.378 e. The number of aryl methyl sites for hydroxylation is 2. The lowest BCUT2D eigenvalue weighted by atomic mass is 9.88. The third-order valence-corrected chi connectivity index (χ3v) is 6.27. The summed E-state index contributed by atoms with van der Waals surface area (Å²) in [5.74, 6) is -0.0691. The quantitative estimate of drug-likeness (QED) is 0.819. The van der Waals surface area contributed by atoms with E-state index in [1.165, 1.54) is 36.0 Å². The fourth-order valence-electron chi connectivity index (χ4n) is 4.60. The Balaban J connectivity index is 1.30. The molecule has 0 saturated carbocycles. The van der Waals surface area contributed by atoms with E-state index < -0.39 is 0 Å². The molecular formula is C22H31N3O3. The number of rotatable bonds is 4. The summed E-state index contributed by atoms with van der Waals surface area (Å²) in [4.78, 5) is 27.3. The number of morpholine rings is 1.